The van der Waals surface area contributed by atoms with Crippen molar-refractivity contribution >= 4 is 27.6 Å². The average Bonchev–Trinajstić information content (AvgIpc) is 3.53. The van der Waals surface area contributed by atoms with Crippen molar-refractivity contribution in [3.63, 3.8) is 0 Å². The SMILES string of the molecule is COC(c1ncc(Cl)cn1)C(C)S(=O)(=O)Nc1nnc([C@@H]2CC[C@H](C)O2)n1Cc1ccon1. The van der Waals surface area contributed by atoms with E-state index < -0.39 is 21.4 Å². The molecule has 178 valence electrons. The lowest BCUT2D eigenvalue weighted by molar-refractivity contribution is 0.0482. The van der Waals surface area contributed by atoms with Gasteiger partial charge in [0, 0.05) is 25.6 Å². The molecule has 4 atom stereocenters. The van der Waals surface area contributed by atoms with Gasteiger partial charge in [-0.1, -0.05) is 16.8 Å². The summed E-state index contributed by atoms with van der Waals surface area (Å²) in [5.74, 6) is 0.741. The van der Waals surface area contributed by atoms with E-state index in [1.807, 2.05) is 6.92 Å². The Labute approximate surface area is 195 Å². The molecule has 3 aromatic rings. The predicted octanol–water partition coefficient (Wildman–Crippen LogP) is 2.52. The molecule has 0 radical (unpaired) electrons. The van der Waals surface area contributed by atoms with Crippen LogP contribution in [0.15, 0.2) is 29.2 Å². The van der Waals surface area contributed by atoms with Crippen molar-refractivity contribution in [2.45, 2.75) is 56.8 Å². The van der Waals surface area contributed by atoms with Crippen molar-refractivity contribution in [2.24, 2.45) is 0 Å². The molecule has 4 rings (SSSR count). The van der Waals surface area contributed by atoms with Crippen LogP contribution in [0.1, 0.15) is 56.2 Å². The first kappa shape index (κ1) is 23.5. The minimum absolute atomic E-state index is 0.0369. The largest absolute Gasteiger partial charge is 0.372 e. The molecule has 12 nitrogen and oxygen atoms in total. The van der Waals surface area contributed by atoms with Crippen LogP contribution in [-0.2, 0) is 26.0 Å². The van der Waals surface area contributed by atoms with E-state index in [1.165, 1.54) is 32.7 Å². The Morgan fingerprint density at radius 3 is 2.67 bits per heavy atom. The van der Waals surface area contributed by atoms with Crippen LogP contribution in [0.5, 0.6) is 0 Å². The number of methoxy groups -OCH3 is 1. The molecule has 1 aliphatic rings. The Morgan fingerprint density at radius 2 is 2.06 bits per heavy atom. The van der Waals surface area contributed by atoms with Gasteiger partial charge in [-0.25, -0.2) is 18.4 Å². The van der Waals surface area contributed by atoms with Crippen molar-refractivity contribution in [1.29, 1.82) is 0 Å². The number of rotatable bonds is 9. The van der Waals surface area contributed by atoms with Gasteiger partial charge in [0.2, 0.25) is 16.0 Å². The van der Waals surface area contributed by atoms with E-state index in [2.05, 4.69) is 30.0 Å². The van der Waals surface area contributed by atoms with Crippen molar-refractivity contribution < 1.29 is 22.4 Å². The number of nitrogens with zero attached hydrogens (tertiary/aromatic N) is 6. The number of nitrogens with one attached hydrogen (secondary N) is 1. The van der Waals surface area contributed by atoms with Crippen LogP contribution in [0.25, 0.3) is 0 Å². The summed E-state index contributed by atoms with van der Waals surface area (Å²) >= 11 is 5.84. The number of aromatic nitrogens is 6. The fourth-order valence-corrected chi connectivity index (χ4v) is 4.86. The van der Waals surface area contributed by atoms with Crippen molar-refractivity contribution in [3.8, 4) is 0 Å². The van der Waals surface area contributed by atoms with Crippen LogP contribution < -0.4 is 4.72 Å². The summed E-state index contributed by atoms with van der Waals surface area (Å²) in [6, 6.07) is 1.68. The quantitative estimate of drug-likeness (QED) is 0.467. The molecule has 3 aromatic heterocycles. The molecule has 4 heterocycles. The number of anilines is 1. The fraction of sp³-hybridized carbons (Fsp3) is 0.526. The van der Waals surface area contributed by atoms with Gasteiger partial charge in [0.25, 0.3) is 0 Å². The van der Waals surface area contributed by atoms with Crippen LogP contribution >= 0.6 is 11.6 Å². The average molecular weight is 498 g/mol. The van der Waals surface area contributed by atoms with Crippen LogP contribution in [0.2, 0.25) is 5.02 Å². The van der Waals surface area contributed by atoms with E-state index in [4.69, 9.17) is 25.6 Å². The molecule has 1 aliphatic heterocycles. The van der Waals surface area contributed by atoms with Gasteiger partial charge in [0.15, 0.2) is 11.6 Å². The molecule has 1 fully saturated rings. The molecule has 14 heteroatoms. The number of halogens is 1. The minimum Gasteiger partial charge on any atom is -0.372 e. The molecule has 0 bridgehead atoms. The Balaban J connectivity index is 1.62. The fourth-order valence-electron chi connectivity index (χ4n) is 3.62. The lowest BCUT2D eigenvalue weighted by Gasteiger charge is -2.22. The number of ether oxygens (including phenoxy) is 2. The highest BCUT2D eigenvalue weighted by Gasteiger charge is 2.35. The van der Waals surface area contributed by atoms with Gasteiger partial charge in [-0.2, -0.15) is 0 Å². The molecule has 1 saturated heterocycles. The maximum Gasteiger partial charge on any atom is 0.240 e. The van der Waals surface area contributed by atoms with Gasteiger partial charge in [0.05, 0.1) is 17.7 Å². The zero-order valence-corrected chi connectivity index (χ0v) is 19.8. The molecule has 33 heavy (non-hydrogen) atoms. The molecular formula is C19H24ClN7O5S. The summed E-state index contributed by atoms with van der Waals surface area (Å²) in [5, 5.41) is 11.5. The Hall–Kier alpha value is -2.61. The summed E-state index contributed by atoms with van der Waals surface area (Å²) in [4.78, 5) is 8.19. The zero-order chi connectivity index (χ0) is 23.6. The smallest absolute Gasteiger partial charge is 0.240 e. The summed E-state index contributed by atoms with van der Waals surface area (Å²) in [5.41, 5.74) is 0.583. The second kappa shape index (κ2) is 9.71. The first-order valence-electron chi connectivity index (χ1n) is 10.3. The summed E-state index contributed by atoms with van der Waals surface area (Å²) in [6.07, 6.45) is 4.66. The Kier molecular flexibility index (Phi) is 6.93. The highest BCUT2D eigenvalue weighted by Crippen LogP contribution is 2.33. The molecule has 0 amide bonds. The van der Waals surface area contributed by atoms with Crippen molar-refractivity contribution in [1.82, 2.24) is 29.9 Å². The predicted molar refractivity (Wildman–Crippen MR) is 117 cm³/mol. The molecule has 1 N–H and O–H groups in total. The third kappa shape index (κ3) is 5.16. The van der Waals surface area contributed by atoms with E-state index in [-0.39, 0.29) is 30.5 Å². The summed E-state index contributed by atoms with van der Waals surface area (Å²) in [6.45, 7) is 3.68. The Morgan fingerprint density at radius 1 is 1.30 bits per heavy atom. The maximum atomic E-state index is 13.3. The van der Waals surface area contributed by atoms with Crippen LogP contribution in [0, 0.1) is 0 Å². The first-order valence-corrected chi connectivity index (χ1v) is 12.2. The van der Waals surface area contributed by atoms with E-state index >= 15 is 0 Å². The zero-order valence-electron chi connectivity index (χ0n) is 18.3. The maximum absolute atomic E-state index is 13.3. The van der Waals surface area contributed by atoms with Crippen LogP contribution in [0.3, 0.4) is 0 Å². The van der Waals surface area contributed by atoms with Crippen LogP contribution in [-0.4, -0.2) is 56.8 Å². The molecule has 0 spiro atoms. The van der Waals surface area contributed by atoms with Gasteiger partial charge in [-0.15, -0.1) is 10.2 Å². The molecule has 0 aliphatic carbocycles. The van der Waals surface area contributed by atoms with E-state index in [9.17, 15) is 8.42 Å². The third-order valence-corrected chi connectivity index (χ3v) is 7.30. The van der Waals surface area contributed by atoms with E-state index in [0.717, 1.165) is 12.8 Å². The summed E-state index contributed by atoms with van der Waals surface area (Å²) in [7, 11) is -2.61. The third-order valence-electron chi connectivity index (χ3n) is 5.41. The number of hydrogen-bond donors (Lipinski definition) is 1. The topological polar surface area (TPSA) is 147 Å². The number of hydrogen-bond acceptors (Lipinski definition) is 10. The highest BCUT2D eigenvalue weighted by molar-refractivity contribution is 7.93. The molecule has 0 saturated carbocycles. The molecule has 0 aromatic carbocycles. The standard InChI is InChI=1S/C19H24ClN7O5S/c1-11-4-5-15(32-11)18-23-24-19(27(18)10-14-6-7-31-25-14)26-33(28,29)12(2)16(30-3)17-21-8-13(20)9-22-17/h6-9,11-12,15-16H,4-5,10H2,1-3H3,(H,24,26)/t11-,12?,15-,16?/m0/s1. The van der Waals surface area contributed by atoms with Gasteiger partial charge in [-0.05, 0) is 26.7 Å². The highest BCUT2D eigenvalue weighted by atomic mass is 35.5. The van der Waals surface area contributed by atoms with Gasteiger partial charge in [0.1, 0.15) is 29.4 Å². The Bertz CT molecular complexity index is 1170. The van der Waals surface area contributed by atoms with Gasteiger partial charge < -0.3 is 14.0 Å². The molecule has 2 unspecified atom stereocenters. The van der Waals surface area contributed by atoms with E-state index in [1.54, 1.807) is 10.6 Å². The van der Waals surface area contributed by atoms with Gasteiger partial charge >= 0.3 is 0 Å². The van der Waals surface area contributed by atoms with Crippen molar-refractivity contribution in [3.05, 3.63) is 47.1 Å². The first-order chi connectivity index (χ1) is 15.8. The minimum atomic E-state index is -4.00. The van der Waals surface area contributed by atoms with Crippen LogP contribution in [0.4, 0.5) is 5.95 Å². The normalized spacial score (nSPS) is 20.6. The monoisotopic (exact) mass is 497 g/mol. The second-order valence-electron chi connectivity index (χ2n) is 7.74. The van der Waals surface area contributed by atoms with E-state index in [0.29, 0.717) is 16.5 Å². The lowest BCUT2D eigenvalue weighted by atomic mass is 10.2. The summed E-state index contributed by atoms with van der Waals surface area (Å²) < 4.78 is 46.9. The molecular weight excluding hydrogens is 474 g/mol. The number of sulfonamides is 1. The van der Waals surface area contributed by atoms with Gasteiger partial charge in [-0.3, -0.25) is 9.29 Å². The van der Waals surface area contributed by atoms with Crippen molar-refractivity contribution in [2.75, 3.05) is 11.8 Å². The second-order valence-corrected chi connectivity index (χ2v) is 10.2. The lowest BCUT2D eigenvalue weighted by Crippen LogP contribution is -2.33.